The van der Waals surface area contributed by atoms with Crippen LogP contribution in [0.2, 0.25) is 0 Å². The molecule has 6 heteroatoms. The maximum absolute atomic E-state index is 12.0. The quantitative estimate of drug-likeness (QED) is 0.829. The molecule has 0 aromatic heterocycles. The van der Waals surface area contributed by atoms with Crippen LogP contribution in [0.1, 0.15) is 13.8 Å². The van der Waals surface area contributed by atoms with Gasteiger partial charge in [0, 0.05) is 6.07 Å². The maximum atomic E-state index is 12.0. The lowest BCUT2D eigenvalue weighted by Gasteiger charge is -2.13. The molecule has 18 heavy (non-hydrogen) atoms. The summed E-state index contributed by atoms with van der Waals surface area (Å²) in [5.74, 6) is 0.716. The zero-order valence-electron chi connectivity index (χ0n) is 10.3. The number of hydrogen-bond acceptors (Lipinski definition) is 3. The molecule has 0 bridgehead atoms. The highest BCUT2D eigenvalue weighted by atomic mass is 19.4. The van der Waals surface area contributed by atoms with E-state index < -0.39 is 12.8 Å². The van der Waals surface area contributed by atoms with Crippen LogP contribution >= 0.6 is 0 Å². The third-order valence-corrected chi connectivity index (χ3v) is 1.96. The number of benzene rings is 1. The highest BCUT2D eigenvalue weighted by Crippen LogP contribution is 2.28. The van der Waals surface area contributed by atoms with Gasteiger partial charge in [0.05, 0.1) is 12.3 Å². The molecule has 0 fully saturated rings. The minimum Gasteiger partial charge on any atom is -0.491 e. The molecule has 0 saturated heterocycles. The number of rotatable bonds is 5. The Hall–Kier alpha value is -1.59. The van der Waals surface area contributed by atoms with Crippen LogP contribution in [-0.4, -0.2) is 19.4 Å². The van der Waals surface area contributed by atoms with Crippen LogP contribution in [0.4, 0.5) is 18.9 Å². The van der Waals surface area contributed by atoms with Gasteiger partial charge in [-0.3, -0.25) is 0 Å². The molecule has 1 rings (SSSR count). The monoisotopic (exact) mass is 263 g/mol. The van der Waals surface area contributed by atoms with E-state index in [-0.39, 0.29) is 5.75 Å². The second-order valence-electron chi connectivity index (χ2n) is 4.31. The van der Waals surface area contributed by atoms with Crippen molar-refractivity contribution < 1.29 is 22.6 Å². The molecule has 0 aliphatic rings. The van der Waals surface area contributed by atoms with Crippen molar-refractivity contribution in [1.29, 1.82) is 0 Å². The zero-order valence-corrected chi connectivity index (χ0v) is 10.3. The van der Waals surface area contributed by atoms with Crippen molar-refractivity contribution in [3.05, 3.63) is 18.2 Å². The fourth-order valence-electron chi connectivity index (χ4n) is 1.15. The molecule has 1 aromatic carbocycles. The van der Waals surface area contributed by atoms with Gasteiger partial charge >= 0.3 is 6.18 Å². The highest BCUT2D eigenvalue weighted by Gasteiger charge is 2.28. The van der Waals surface area contributed by atoms with Gasteiger partial charge in [0.2, 0.25) is 0 Å². The van der Waals surface area contributed by atoms with E-state index in [9.17, 15) is 13.2 Å². The third kappa shape index (κ3) is 5.16. The van der Waals surface area contributed by atoms with Crippen LogP contribution < -0.4 is 15.2 Å². The van der Waals surface area contributed by atoms with E-state index in [4.69, 9.17) is 10.5 Å². The molecule has 3 nitrogen and oxygen atoms in total. The molecule has 0 atom stereocenters. The predicted molar refractivity (Wildman–Crippen MR) is 62.7 cm³/mol. The summed E-state index contributed by atoms with van der Waals surface area (Å²) in [6.07, 6.45) is -4.36. The van der Waals surface area contributed by atoms with E-state index in [0.29, 0.717) is 24.0 Å². The van der Waals surface area contributed by atoms with Gasteiger partial charge in [-0.2, -0.15) is 13.2 Å². The molecule has 0 aliphatic carbocycles. The van der Waals surface area contributed by atoms with Gasteiger partial charge in [-0.25, -0.2) is 0 Å². The lowest BCUT2D eigenvalue weighted by molar-refractivity contribution is -0.153. The summed E-state index contributed by atoms with van der Waals surface area (Å²) in [4.78, 5) is 0. The summed E-state index contributed by atoms with van der Waals surface area (Å²) in [6.45, 7) is 3.02. The molecular weight excluding hydrogens is 247 g/mol. The molecule has 0 amide bonds. The van der Waals surface area contributed by atoms with Crippen LogP contribution in [0.25, 0.3) is 0 Å². The second kappa shape index (κ2) is 5.84. The van der Waals surface area contributed by atoms with E-state index in [1.807, 2.05) is 13.8 Å². The van der Waals surface area contributed by atoms with Gasteiger partial charge in [0.15, 0.2) is 6.61 Å². The van der Waals surface area contributed by atoms with E-state index in [2.05, 4.69) is 4.74 Å². The van der Waals surface area contributed by atoms with Crippen molar-refractivity contribution >= 4 is 5.69 Å². The summed E-state index contributed by atoms with van der Waals surface area (Å²) in [5.41, 5.74) is 6.03. The second-order valence-corrected chi connectivity index (χ2v) is 4.31. The summed E-state index contributed by atoms with van der Waals surface area (Å²) < 4.78 is 46.0. The van der Waals surface area contributed by atoms with E-state index in [1.54, 1.807) is 0 Å². The standard InChI is InChI=1S/C12H16F3NO2/c1-8(2)6-17-11-5-9(3-4-10(11)16)18-7-12(13,14)15/h3-5,8H,6-7,16H2,1-2H3. The first-order valence-corrected chi connectivity index (χ1v) is 5.50. The Morgan fingerprint density at radius 3 is 2.44 bits per heavy atom. The van der Waals surface area contributed by atoms with Crippen molar-refractivity contribution in [2.75, 3.05) is 18.9 Å². The lowest BCUT2D eigenvalue weighted by Crippen LogP contribution is -2.19. The highest BCUT2D eigenvalue weighted by molar-refractivity contribution is 5.55. The van der Waals surface area contributed by atoms with Gasteiger partial charge in [0.25, 0.3) is 0 Å². The van der Waals surface area contributed by atoms with Crippen LogP contribution in [0.15, 0.2) is 18.2 Å². The molecule has 1 aromatic rings. The summed E-state index contributed by atoms with van der Waals surface area (Å²) in [6, 6.07) is 4.20. The normalized spacial score (nSPS) is 11.7. The molecule has 0 saturated carbocycles. The molecule has 102 valence electrons. The Balaban J connectivity index is 2.68. The minimum absolute atomic E-state index is 0.0836. The van der Waals surface area contributed by atoms with Crippen molar-refractivity contribution in [1.82, 2.24) is 0 Å². The zero-order chi connectivity index (χ0) is 13.8. The summed E-state index contributed by atoms with van der Waals surface area (Å²) >= 11 is 0. The molecule has 0 unspecified atom stereocenters. The fraction of sp³-hybridized carbons (Fsp3) is 0.500. The largest absolute Gasteiger partial charge is 0.491 e. The lowest BCUT2D eigenvalue weighted by atomic mass is 10.2. The van der Waals surface area contributed by atoms with Crippen LogP contribution in [0, 0.1) is 5.92 Å². The third-order valence-electron chi connectivity index (χ3n) is 1.96. The first kappa shape index (κ1) is 14.5. The number of halogens is 3. The molecule has 0 aliphatic heterocycles. The molecule has 0 heterocycles. The molecular formula is C12H16F3NO2. The number of nitrogen functional groups attached to an aromatic ring is 1. The topological polar surface area (TPSA) is 44.5 Å². The number of nitrogens with two attached hydrogens (primary N) is 1. The number of anilines is 1. The Morgan fingerprint density at radius 1 is 1.22 bits per heavy atom. The molecule has 0 spiro atoms. The Bertz CT molecular complexity index is 391. The smallest absolute Gasteiger partial charge is 0.422 e. The SMILES string of the molecule is CC(C)COc1cc(OCC(F)(F)F)ccc1N. The van der Waals surface area contributed by atoms with Gasteiger partial charge in [-0.05, 0) is 18.1 Å². The average Bonchev–Trinajstić information content (AvgIpc) is 2.25. The maximum Gasteiger partial charge on any atom is 0.422 e. The minimum atomic E-state index is -4.36. The fourth-order valence-corrected chi connectivity index (χ4v) is 1.15. The van der Waals surface area contributed by atoms with Crippen molar-refractivity contribution in [3.63, 3.8) is 0 Å². The van der Waals surface area contributed by atoms with Gasteiger partial charge in [-0.15, -0.1) is 0 Å². The van der Waals surface area contributed by atoms with Crippen LogP contribution in [0.3, 0.4) is 0 Å². The average molecular weight is 263 g/mol. The van der Waals surface area contributed by atoms with E-state index in [1.165, 1.54) is 18.2 Å². The van der Waals surface area contributed by atoms with Crippen molar-refractivity contribution in [2.24, 2.45) is 5.92 Å². The van der Waals surface area contributed by atoms with E-state index in [0.717, 1.165) is 0 Å². The van der Waals surface area contributed by atoms with E-state index >= 15 is 0 Å². The first-order chi connectivity index (χ1) is 8.28. The van der Waals surface area contributed by atoms with Gasteiger partial charge in [0.1, 0.15) is 11.5 Å². The van der Waals surface area contributed by atoms with Gasteiger partial charge < -0.3 is 15.2 Å². The molecule has 2 N–H and O–H groups in total. The summed E-state index contributed by atoms with van der Waals surface area (Å²) in [7, 11) is 0. The van der Waals surface area contributed by atoms with Crippen LogP contribution in [-0.2, 0) is 0 Å². The number of ether oxygens (including phenoxy) is 2. The molecule has 0 radical (unpaired) electrons. The van der Waals surface area contributed by atoms with Crippen molar-refractivity contribution in [2.45, 2.75) is 20.0 Å². The van der Waals surface area contributed by atoms with Crippen molar-refractivity contribution in [3.8, 4) is 11.5 Å². The Labute approximate surface area is 104 Å². The van der Waals surface area contributed by atoms with Gasteiger partial charge in [-0.1, -0.05) is 13.8 Å². The number of hydrogen-bond donors (Lipinski definition) is 1. The summed E-state index contributed by atoms with van der Waals surface area (Å²) in [5, 5.41) is 0. The number of alkyl halides is 3. The first-order valence-electron chi connectivity index (χ1n) is 5.50. The Kier molecular flexibility index (Phi) is 4.69. The van der Waals surface area contributed by atoms with Crippen LogP contribution in [0.5, 0.6) is 11.5 Å². The Morgan fingerprint density at radius 2 is 1.89 bits per heavy atom. The predicted octanol–water partition coefficient (Wildman–Crippen LogP) is 3.24.